The van der Waals surface area contributed by atoms with Crippen molar-refractivity contribution in [3.8, 4) is 0 Å². The zero-order chi connectivity index (χ0) is 15.0. The van der Waals surface area contributed by atoms with E-state index >= 15 is 0 Å². The fraction of sp³-hybridized carbons (Fsp3) is 0.944. The Hall–Kier alpha value is -0.570. The molecule has 0 aromatic heterocycles. The number of carbonyl (C=O) groups is 1. The largest absolute Gasteiger partial charge is 0.325 e. The Bertz CT molecular complexity index is 458. The molecule has 4 fully saturated rings. The fourth-order valence-electron chi connectivity index (χ4n) is 5.14. The van der Waals surface area contributed by atoms with Crippen molar-refractivity contribution in [2.24, 2.45) is 22.7 Å². The van der Waals surface area contributed by atoms with E-state index in [0.29, 0.717) is 34.7 Å². The summed E-state index contributed by atoms with van der Waals surface area (Å²) >= 11 is 0. The Morgan fingerprint density at radius 3 is 2.14 bits per heavy atom. The summed E-state index contributed by atoms with van der Waals surface area (Å²) in [6.45, 7) is 10.4. The first-order valence-corrected chi connectivity index (χ1v) is 8.88. The summed E-state index contributed by atoms with van der Waals surface area (Å²) in [6.07, 6.45) is 7.74. The molecular weight excluding hydrogens is 260 g/mol. The Balaban J connectivity index is 1.55. The maximum Gasteiger partial charge on any atom is 0.244 e. The van der Waals surface area contributed by atoms with Gasteiger partial charge in [-0.25, -0.2) is 0 Å². The van der Waals surface area contributed by atoms with Crippen LogP contribution in [0.5, 0.6) is 0 Å². The highest BCUT2D eigenvalue weighted by atomic mass is 16.2. The molecule has 0 aromatic carbocycles. The van der Waals surface area contributed by atoms with Crippen LogP contribution in [0.15, 0.2) is 0 Å². The number of hydrogen-bond donors (Lipinski definition) is 1. The molecule has 1 amide bonds. The lowest BCUT2D eigenvalue weighted by Crippen LogP contribution is -2.44. The molecule has 1 saturated heterocycles. The average molecular weight is 290 g/mol. The molecule has 3 saturated carbocycles. The van der Waals surface area contributed by atoms with Gasteiger partial charge in [0.25, 0.3) is 0 Å². The number of nitrogens with zero attached hydrogens (tertiary/aromatic N) is 1. The number of nitrogens with one attached hydrogen (secondary N) is 1. The summed E-state index contributed by atoms with van der Waals surface area (Å²) in [4.78, 5) is 15.2. The first kappa shape index (κ1) is 14.0. The van der Waals surface area contributed by atoms with E-state index in [2.05, 4.69) is 37.9 Å². The maximum atomic E-state index is 12.9. The molecule has 1 N–H and O–H groups in total. The van der Waals surface area contributed by atoms with Crippen LogP contribution >= 0.6 is 0 Å². The van der Waals surface area contributed by atoms with Crippen LogP contribution in [-0.2, 0) is 4.79 Å². The van der Waals surface area contributed by atoms with Gasteiger partial charge in [0.2, 0.25) is 5.91 Å². The van der Waals surface area contributed by atoms with Crippen molar-refractivity contribution < 1.29 is 4.79 Å². The van der Waals surface area contributed by atoms with E-state index in [4.69, 9.17) is 0 Å². The van der Waals surface area contributed by atoms with Gasteiger partial charge in [-0.1, -0.05) is 40.5 Å². The third-order valence-electron chi connectivity index (χ3n) is 7.73. The Kier molecular flexibility index (Phi) is 2.70. The lowest BCUT2D eigenvalue weighted by molar-refractivity contribution is -0.131. The van der Waals surface area contributed by atoms with Crippen LogP contribution in [0.3, 0.4) is 0 Å². The van der Waals surface area contributed by atoms with Crippen molar-refractivity contribution in [2.45, 2.75) is 77.9 Å². The number of rotatable bonds is 3. The lowest BCUT2D eigenvalue weighted by atomic mass is 10.0. The quantitative estimate of drug-likeness (QED) is 0.866. The van der Waals surface area contributed by atoms with Gasteiger partial charge in [0.1, 0.15) is 0 Å². The summed E-state index contributed by atoms with van der Waals surface area (Å²) in [5.74, 6) is 1.75. The molecule has 1 spiro atoms. The van der Waals surface area contributed by atoms with E-state index < -0.39 is 0 Å². The number of hydrogen-bond acceptors (Lipinski definition) is 2. The zero-order valence-corrected chi connectivity index (χ0v) is 14.0. The van der Waals surface area contributed by atoms with E-state index in [1.165, 1.54) is 25.7 Å². The second kappa shape index (κ2) is 4.04. The van der Waals surface area contributed by atoms with Crippen molar-refractivity contribution in [3.05, 3.63) is 0 Å². The maximum absolute atomic E-state index is 12.9. The standard InChI is InChI=1S/C18H30N2O/c1-16(2)13(17(16,3)4)11-20-14(12-7-5-6-8-12)19-18(9-10-18)15(20)21/h12-14,19H,5-11H2,1-4H3. The minimum Gasteiger partial charge on any atom is -0.325 e. The van der Waals surface area contributed by atoms with Gasteiger partial charge in [-0.3, -0.25) is 10.1 Å². The topological polar surface area (TPSA) is 32.3 Å². The summed E-state index contributed by atoms with van der Waals surface area (Å²) in [7, 11) is 0. The van der Waals surface area contributed by atoms with Crippen LogP contribution in [0, 0.1) is 22.7 Å². The molecule has 0 radical (unpaired) electrons. The van der Waals surface area contributed by atoms with Gasteiger partial charge in [0.15, 0.2) is 0 Å². The zero-order valence-electron chi connectivity index (χ0n) is 14.0. The molecule has 0 aromatic rings. The first-order valence-electron chi connectivity index (χ1n) is 8.88. The molecule has 4 rings (SSSR count). The minimum atomic E-state index is -0.142. The SMILES string of the molecule is CC1(C)C(CN2C(=O)C3(CC3)NC2C2CCCC2)C1(C)C. The predicted octanol–water partition coefficient (Wildman–Crippen LogP) is 3.15. The highest BCUT2D eigenvalue weighted by Crippen LogP contribution is 2.68. The van der Waals surface area contributed by atoms with Crippen molar-refractivity contribution in [2.75, 3.05) is 6.54 Å². The van der Waals surface area contributed by atoms with Gasteiger partial charge in [-0.2, -0.15) is 0 Å². The molecule has 3 nitrogen and oxygen atoms in total. The summed E-state index contributed by atoms with van der Waals surface area (Å²) in [6, 6.07) is 0. The van der Waals surface area contributed by atoms with Crippen LogP contribution in [0.25, 0.3) is 0 Å². The summed E-state index contributed by atoms with van der Waals surface area (Å²) in [5.41, 5.74) is 0.593. The smallest absolute Gasteiger partial charge is 0.244 e. The van der Waals surface area contributed by atoms with Crippen molar-refractivity contribution in [3.63, 3.8) is 0 Å². The second-order valence-corrected chi connectivity index (χ2v) is 9.17. The predicted molar refractivity (Wildman–Crippen MR) is 83.6 cm³/mol. The molecule has 4 aliphatic rings. The van der Waals surface area contributed by atoms with Crippen molar-refractivity contribution in [1.82, 2.24) is 10.2 Å². The minimum absolute atomic E-state index is 0.142. The second-order valence-electron chi connectivity index (χ2n) is 9.17. The van der Waals surface area contributed by atoms with Gasteiger partial charge in [0, 0.05) is 6.54 Å². The monoisotopic (exact) mass is 290 g/mol. The summed E-state index contributed by atoms with van der Waals surface area (Å²) < 4.78 is 0. The van der Waals surface area contributed by atoms with E-state index in [0.717, 1.165) is 19.4 Å². The highest BCUT2D eigenvalue weighted by molar-refractivity contribution is 5.92. The van der Waals surface area contributed by atoms with Crippen LogP contribution in [0.2, 0.25) is 0 Å². The van der Waals surface area contributed by atoms with Gasteiger partial charge < -0.3 is 4.90 Å². The van der Waals surface area contributed by atoms with E-state index in [-0.39, 0.29) is 5.54 Å². The van der Waals surface area contributed by atoms with E-state index in [1.807, 2.05) is 0 Å². The van der Waals surface area contributed by atoms with E-state index in [9.17, 15) is 4.79 Å². The Labute approximate surface area is 128 Å². The average Bonchev–Trinajstić information content (AvgIpc) is 3.05. The molecule has 3 aliphatic carbocycles. The van der Waals surface area contributed by atoms with Crippen molar-refractivity contribution in [1.29, 1.82) is 0 Å². The third kappa shape index (κ3) is 1.79. The van der Waals surface area contributed by atoms with Gasteiger partial charge in [-0.05, 0) is 48.3 Å². The molecule has 1 heterocycles. The van der Waals surface area contributed by atoms with Gasteiger partial charge in [-0.15, -0.1) is 0 Å². The van der Waals surface area contributed by atoms with Gasteiger partial charge >= 0.3 is 0 Å². The van der Waals surface area contributed by atoms with Crippen molar-refractivity contribution >= 4 is 5.91 Å². The molecule has 21 heavy (non-hydrogen) atoms. The third-order valence-corrected chi connectivity index (χ3v) is 7.73. The number of carbonyl (C=O) groups excluding carboxylic acids is 1. The van der Waals surface area contributed by atoms with E-state index in [1.54, 1.807) is 0 Å². The fourth-order valence-corrected chi connectivity index (χ4v) is 5.14. The molecule has 118 valence electrons. The number of amides is 1. The first-order chi connectivity index (χ1) is 9.80. The molecule has 1 atom stereocenters. The van der Waals surface area contributed by atoms with Crippen LogP contribution < -0.4 is 5.32 Å². The molecule has 1 aliphatic heterocycles. The summed E-state index contributed by atoms with van der Waals surface area (Å²) in [5, 5.41) is 3.75. The molecule has 1 unspecified atom stereocenters. The van der Waals surface area contributed by atoms with Gasteiger partial charge in [0.05, 0.1) is 11.7 Å². The normalized spacial score (nSPS) is 36.7. The van der Waals surface area contributed by atoms with Crippen LogP contribution in [0.1, 0.15) is 66.2 Å². The van der Waals surface area contributed by atoms with Crippen LogP contribution in [-0.4, -0.2) is 29.1 Å². The Morgan fingerprint density at radius 2 is 1.67 bits per heavy atom. The molecule has 3 heteroatoms. The molecule has 0 bridgehead atoms. The van der Waals surface area contributed by atoms with Crippen LogP contribution in [0.4, 0.5) is 0 Å². The highest BCUT2D eigenvalue weighted by Gasteiger charge is 2.67. The lowest BCUT2D eigenvalue weighted by Gasteiger charge is -2.29. The Morgan fingerprint density at radius 1 is 1.10 bits per heavy atom. The molecular formula is C18H30N2O.